The molecule has 0 unspecified atom stereocenters. The number of carbonyl (C=O) groups is 1. The lowest BCUT2D eigenvalue weighted by Crippen LogP contribution is -2.05. The van der Waals surface area contributed by atoms with Gasteiger partial charge in [-0.25, -0.2) is 0 Å². The number of Topliss-reactive ketones (excluding diaryl/α,β-unsaturated/α-hetero) is 1. The Morgan fingerprint density at radius 3 is 2.22 bits per heavy atom. The van der Waals surface area contributed by atoms with Crippen LogP contribution in [-0.2, 0) is 12.8 Å². The minimum atomic E-state index is -4.36. The summed E-state index contributed by atoms with van der Waals surface area (Å²) in [6, 6.07) is 9.50. The highest BCUT2D eigenvalue weighted by molar-refractivity contribution is 5.94. The summed E-state index contributed by atoms with van der Waals surface area (Å²) in [5.74, 6) is 0.708. The van der Waals surface area contributed by atoms with E-state index in [1.165, 1.54) is 26.2 Å². The molecule has 3 nitrogen and oxygen atoms in total. The van der Waals surface area contributed by atoms with Gasteiger partial charge < -0.3 is 9.47 Å². The van der Waals surface area contributed by atoms with Crippen LogP contribution >= 0.6 is 0 Å². The number of hydrogen-bond donors (Lipinski definition) is 0. The molecule has 6 heteroatoms. The maximum absolute atomic E-state index is 12.5. The van der Waals surface area contributed by atoms with Gasteiger partial charge in [-0.1, -0.05) is 12.1 Å². The monoisotopic (exact) mass is 324 g/mol. The number of methoxy groups -OCH3 is 1. The van der Waals surface area contributed by atoms with Gasteiger partial charge in [-0.15, -0.1) is 0 Å². The van der Waals surface area contributed by atoms with E-state index < -0.39 is 11.7 Å². The zero-order valence-electron chi connectivity index (χ0n) is 12.6. The lowest BCUT2D eigenvalue weighted by Gasteiger charge is -2.12. The van der Waals surface area contributed by atoms with Crippen LogP contribution in [0.1, 0.15) is 28.4 Å². The summed E-state index contributed by atoms with van der Waals surface area (Å²) in [5, 5.41) is 0. The second-order valence-corrected chi connectivity index (χ2v) is 4.91. The molecule has 0 aliphatic heterocycles. The van der Waals surface area contributed by atoms with Gasteiger partial charge in [0.2, 0.25) is 0 Å². The van der Waals surface area contributed by atoms with Gasteiger partial charge in [0.25, 0.3) is 0 Å². The SMILES string of the molecule is COc1cc(C(C)=O)ccc1OCc1ccc(C(F)(F)F)cc1. The van der Waals surface area contributed by atoms with E-state index in [1.807, 2.05) is 0 Å². The summed E-state index contributed by atoms with van der Waals surface area (Å²) in [6.45, 7) is 1.53. The molecule has 0 N–H and O–H groups in total. The van der Waals surface area contributed by atoms with Crippen LogP contribution in [0.2, 0.25) is 0 Å². The highest BCUT2D eigenvalue weighted by Gasteiger charge is 2.29. The molecule has 2 rings (SSSR count). The third-order valence-corrected chi connectivity index (χ3v) is 3.25. The van der Waals surface area contributed by atoms with Gasteiger partial charge in [-0.3, -0.25) is 4.79 Å². The molecule has 0 saturated carbocycles. The quantitative estimate of drug-likeness (QED) is 0.760. The van der Waals surface area contributed by atoms with Gasteiger partial charge in [0.05, 0.1) is 12.7 Å². The third kappa shape index (κ3) is 4.25. The molecule has 23 heavy (non-hydrogen) atoms. The topological polar surface area (TPSA) is 35.5 Å². The minimum Gasteiger partial charge on any atom is -0.493 e. The van der Waals surface area contributed by atoms with E-state index in [1.54, 1.807) is 18.2 Å². The van der Waals surface area contributed by atoms with Crippen molar-refractivity contribution >= 4 is 5.78 Å². The maximum Gasteiger partial charge on any atom is 0.416 e. The first kappa shape index (κ1) is 16.9. The van der Waals surface area contributed by atoms with Gasteiger partial charge in [0, 0.05) is 5.56 Å². The molecule has 0 heterocycles. The van der Waals surface area contributed by atoms with Crippen LogP contribution < -0.4 is 9.47 Å². The van der Waals surface area contributed by atoms with Crippen molar-refractivity contribution in [1.29, 1.82) is 0 Å². The average molecular weight is 324 g/mol. The van der Waals surface area contributed by atoms with Crippen LogP contribution in [-0.4, -0.2) is 12.9 Å². The molecule has 0 aromatic heterocycles. The Morgan fingerprint density at radius 2 is 1.70 bits per heavy atom. The van der Waals surface area contributed by atoms with Crippen molar-refractivity contribution in [3.05, 3.63) is 59.2 Å². The van der Waals surface area contributed by atoms with Gasteiger partial charge in [0.1, 0.15) is 6.61 Å². The fraction of sp³-hybridized carbons (Fsp3) is 0.235. The molecule has 0 saturated heterocycles. The minimum absolute atomic E-state index is 0.0912. The Labute approximate surface area is 131 Å². The number of ketones is 1. The van der Waals surface area contributed by atoms with E-state index >= 15 is 0 Å². The zero-order valence-corrected chi connectivity index (χ0v) is 12.6. The lowest BCUT2D eigenvalue weighted by atomic mass is 10.1. The number of ether oxygens (including phenoxy) is 2. The molecule has 0 radical (unpaired) electrons. The van der Waals surface area contributed by atoms with E-state index in [4.69, 9.17) is 9.47 Å². The van der Waals surface area contributed by atoms with Gasteiger partial charge in [0.15, 0.2) is 17.3 Å². The molecule has 0 aliphatic carbocycles. The smallest absolute Gasteiger partial charge is 0.416 e. The number of benzene rings is 2. The van der Waals surface area contributed by atoms with Gasteiger partial charge in [-0.2, -0.15) is 13.2 Å². The fourth-order valence-corrected chi connectivity index (χ4v) is 1.96. The predicted molar refractivity (Wildman–Crippen MR) is 78.8 cm³/mol. The Morgan fingerprint density at radius 1 is 1.04 bits per heavy atom. The Balaban J connectivity index is 2.10. The first-order valence-electron chi connectivity index (χ1n) is 6.79. The Bertz CT molecular complexity index is 691. The molecule has 122 valence electrons. The van der Waals surface area contributed by atoms with Crippen molar-refractivity contribution in [2.45, 2.75) is 19.7 Å². The summed E-state index contributed by atoms with van der Waals surface area (Å²) in [5.41, 5.74) is 0.379. The molecule has 0 spiro atoms. The maximum atomic E-state index is 12.5. The van der Waals surface area contributed by atoms with Crippen LogP contribution in [0, 0.1) is 0 Å². The second-order valence-electron chi connectivity index (χ2n) is 4.91. The Kier molecular flexibility index (Phi) is 4.93. The largest absolute Gasteiger partial charge is 0.493 e. The van der Waals surface area contributed by atoms with Crippen molar-refractivity contribution in [2.24, 2.45) is 0 Å². The van der Waals surface area contributed by atoms with E-state index in [0.29, 0.717) is 22.6 Å². The van der Waals surface area contributed by atoms with E-state index in [-0.39, 0.29) is 12.4 Å². The zero-order chi connectivity index (χ0) is 17.0. The Hall–Kier alpha value is -2.50. The molecule has 2 aromatic carbocycles. The first-order chi connectivity index (χ1) is 10.8. The summed E-state index contributed by atoms with van der Waals surface area (Å²) in [4.78, 5) is 11.3. The van der Waals surface area contributed by atoms with Gasteiger partial charge >= 0.3 is 6.18 Å². The van der Waals surface area contributed by atoms with Crippen molar-refractivity contribution in [1.82, 2.24) is 0 Å². The molecule has 0 bridgehead atoms. The normalized spacial score (nSPS) is 11.2. The van der Waals surface area contributed by atoms with E-state index in [9.17, 15) is 18.0 Å². The molecule has 0 aliphatic rings. The summed E-state index contributed by atoms with van der Waals surface area (Å²) in [7, 11) is 1.45. The van der Waals surface area contributed by atoms with Crippen LogP contribution in [0.4, 0.5) is 13.2 Å². The molecule has 0 amide bonds. The van der Waals surface area contributed by atoms with Gasteiger partial charge in [-0.05, 0) is 42.8 Å². The number of hydrogen-bond acceptors (Lipinski definition) is 3. The van der Waals surface area contributed by atoms with Crippen molar-refractivity contribution in [2.75, 3.05) is 7.11 Å². The number of halogens is 3. The van der Waals surface area contributed by atoms with E-state index in [0.717, 1.165) is 12.1 Å². The lowest BCUT2D eigenvalue weighted by molar-refractivity contribution is -0.137. The highest BCUT2D eigenvalue weighted by atomic mass is 19.4. The van der Waals surface area contributed by atoms with Crippen LogP contribution in [0.3, 0.4) is 0 Å². The summed E-state index contributed by atoms with van der Waals surface area (Å²) >= 11 is 0. The second kappa shape index (κ2) is 6.73. The van der Waals surface area contributed by atoms with Crippen molar-refractivity contribution in [3.63, 3.8) is 0 Å². The summed E-state index contributed by atoms with van der Waals surface area (Å²) < 4.78 is 48.2. The van der Waals surface area contributed by atoms with Crippen LogP contribution in [0.5, 0.6) is 11.5 Å². The molecular weight excluding hydrogens is 309 g/mol. The third-order valence-electron chi connectivity index (χ3n) is 3.25. The van der Waals surface area contributed by atoms with Crippen LogP contribution in [0.15, 0.2) is 42.5 Å². The molecule has 2 aromatic rings. The fourth-order valence-electron chi connectivity index (χ4n) is 1.96. The molecular formula is C17H15F3O3. The standard InChI is InChI=1S/C17H15F3O3/c1-11(21)13-5-8-15(16(9-13)22-2)23-10-12-3-6-14(7-4-12)17(18,19)20/h3-9H,10H2,1-2H3. The summed E-state index contributed by atoms with van der Waals surface area (Å²) in [6.07, 6.45) is -4.36. The van der Waals surface area contributed by atoms with E-state index in [2.05, 4.69) is 0 Å². The van der Waals surface area contributed by atoms with Crippen molar-refractivity contribution in [3.8, 4) is 11.5 Å². The number of alkyl halides is 3. The van der Waals surface area contributed by atoms with Crippen LogP contribution in [0.25, 0.3) is 0 Å². The molecule has 0 atom stereocenters. The van der Waals surface area contributed by atoms with Crippen molar-refractivity contribution < 1.29 is 27.4 Å². The first-order valence-corrected chi connectivity index (χ1v) is 6.79. The number of rotatable bonds is 5. The highest BCUT2D eigenvalue weighted by Crippen LogP contribution is 2.31. The molecule has 0 fully saturated rings. The number of carbonyl (C=O) groups excluding carboxylic acids is 1. The average Bonchev–Trinajstić information content (AvgIpc) is 2.52. The predicted octanol–water partition coefficient (Wildman–Crippen LogP) is 4.50.